The van der Waals surface area contributed by atoms with Crippen molar-refractivity contribution in [3.05, 3.63) is 16.1 Å². The minimum Gasteiger partial charge on any atom is -0.381 e. The van der Waals surface area contributed by atoms with Crippen molar-refractivity contribution in [2.45, 2.75) is 19.9 Å². The highest BCUT2D eigenvalue weighted by Crippen LogP contribution is 2.11. The maximum Gasteiger partial charge on any atom is 0.0897 e. The Kier molecular flexibility index (Phi) is 3.50. The van der Waals surface area contributed by atoms with Gasteiger partial charge in [-0.15, -0.1) is 11.3 Å². The van der Waals surface area contributed by atoms with Gasteiger partial charge in [-0.2, -0.15) is 0 Å². The van der Waals surface area contributed by atoms with Crippen molar-refractivity contribution in [2.75, 3.05) is 19.8 Å². The first-order chi connectivity index (χ1) is 6.84. The van der Waals surface area contributed by atoms with Crippen LogP contribution in [0.4, 0.5) is 0 Å². The Morgan fingerprint density at radius 1 is 1.71 bits per heavy atom. The molecule has 78 valence electrons. The molecule has 0 radical (unpaired) electrons. The van der Waals surface area contributed by atoms with Crippen molar-refractivity contribution in [3.8, 4) is 0 Å². The summed E-state index contributed by atoms with van der Waals surface area (Å²) >= 11 is 1.71. The van der Waals surface area contributed by atoms with Gasteiger partial charge in [-0.3, -0.25) is 0 Å². The zero-order chi connectivity index (χ0) is 9.80. The van der Waals surface area contributed by atoms with E-state index in [1.807, 2.05) is 6.92 Å². The molecule has 14 heavy (non-hydrogen) atoms. The van der Waals surface area contributed by atoms with E-state index in [0.29, 0.717) is 5.92 Å². The molecule has 0 aliphatic carbocycles. The molecule has 1 aliphatic heterocycles. The normalized spacial score (nSPS) is 21.6. The van der Waals surface area contributed by atoms with Crippen LogP contribution in [0.3, 0.4) is 0 Å². The van der Waals surface area contributed by atoms with Crippen molar-refractivity contribution in [1.29, 1.82) is 0 Å². The van der Waals surface area contributed by atoms with Gasteiger partial charge in [-0.05, 0) is 19.3 Å². The Balaban J connectivity index is 1.67. The molecule has 1 atom stereocenters. The van der Waals surface area contributed by atoms with Crippen LogP contribution in [0.25, 0.3) is 0 Å². The molecule has 0 aromatic carbocycles. The van der Waals surface area contributed by atoms with Crippen LogP contribution in [0, 0.1) is 12.8 Å². The van der Waals surface area contributed by atoms with Crippen molar-refractivity contribution < 1.29 is 4.74 Å². The number of nitrogens with zero attached hydrogens (tertiary/aromatic N) is 1. The van der Waals surface area contributed by atoms with Crippen LogP contribution in [0.5, 0.6) is 0 Å². The first-order valence-electron chi connectivity index (χ1n) is 5.04. The van der Waals surface area contributed by atoms with E-state index in [1.165, 1.54) is 6.42 Å². The Hall–Kier alpha value is -0.450. The number of aromatic nitrogens is 1. The van der Waals surface area contributed by atoms with Gasteiger partial charge in [0.25, 0.3) is 0 Å². The molecule has 1 aromatic rings. The van der Waals surface area contributed by atoms with Crippen LogP contribution in [-0.2, 0) is 11.3 Å². The number of aryl methyl sites for hydroxylation is 1. The summed E-state index contributed by atoms with van der Waals surface area (Å²) in [5.74, 6) is 0.703. The van der Waals surface area contributed by atoms with Gasteiger partial charge in [0.15, 0.2) is 0 Å². The number of ether oxygens (including phenoxy) is 1. The zero-order valence-electron chi connectivity index (χ0n) is 8.45. The molecule has 0 saturated carbocycles. The minimum atomic E-state index is 0.703. The van der Waals surface area contributed by atoms with Gasteiger partial charge >= 0.3 is 0 Å². The molecule has 3 nitrogen and oxygen atoms in total. The fourth-order valence-electron chi connectivity index (χ4n) is 1.64. The van der Waals surface area contributed by atoms with Gasteiger partial charge in [0, 0.05) is 25.1 Å². The Morgan fingerprint density at radius 2 is 2.64 bits per heavy atom. The Bertz CT molecular complexity index is 281. The molecule has 2 rings (SSSR count). The van der Waals surface area contributed by atoms with Crippen LogP contribution in [-0.4, -0.2) is 24.7 Å². The highest BCUT2D eigenvalue weighted by Gasteiger charge is 2.14. The molecule has 4 heteroatoms. The molecular formula is C10H16N2OS. The average Bonchev–Trinajstić information content (AvgIpc) is 2.77. The highest BCUT2D eigenvalue weighted by molar-refractivity contribution is 7.09. The third-order valence-corrected chi connectivity index (χ3v) is 3.25. The van der Waals surface area contributed by atoms with Crippen LogP contribution >= 0.6 is 11.3 Å². The summed E-state index contributed by atoms with van der Waals surface area (Å²) in [6.45, 7) is 5.83. The lowest BCUT2D eigenvalue weighted by atomic mass is 10.1. The lowest BCUT2D eigenvalue weighted by Gasteiger charge is -2.07. The quantitative estimate of drug-likeness (QED) is 0.822. The second-order valence-corrected chi connectivity index (χ2v) is 4.78. The Labute approximate surface area is 88.5 Å². The third kappa shape index (κ3) is 2.77. The maximum absolute atomic E-state index is 5.31. The molecule has 0 spiro atoms. The molecule has 1 aromatic heterocycles. The second-order valence-electron chi connectivity index (χ2n) is 3.72. The predicted molar refractivity (Wildman–Crippen MR) is 57.5 cm³/mol. The largest absolute Gasteiger partial charge is 0.381 e. The number of thiazole rings is 1. The monoisotopic (exact) mass is 212 g/mol. The molecule has 0 amide bonds. The number of nitrogens with one attached hydrogen (secondary N) is 1. The lowest BCUT2D eigenvalue weighted by Crippen LogP contribution is -2.22. The standard InChI is InChI=1S/C10H16N2OS/c1-8-12-10(7-14-8)5-11-4-9-2-3-13-6-9/h7,9,11H,2-6H2,1H3. The first-order valence-corrected chi connectivity index (χ1v) is 5.92. The van der Waals surface area contributed by atoms with Gasteiger partial charge in [-0.25, -0.2) is 4.98 Å². The van der Waals surface area contributed by atoms with E-state index < -0.39 is 0 Å². The van der Waals surface area contributed by atoms with E-state index in [2.05, 4.69) is 15.7 Å². The number of rotatable bonds is 4. The van der Waals surface area contributed by atoms with Crippen molar-refractivity contribution >= 4 is 11.3 Å². The van der Waals surface area contributed by atoms with Crippen molar-refractivity contribution in [1.82, 2.24) is 10.3 Å². The van der Waals surface area contributed by atoms with Gasteiger partial charge in [0.1, 0.15) is 0 Å². The van der Waals surface area contributed by atoms with Gasteiger partial charge in [-0.1, -0.05) is 0 Å². The molecule has 1 aliphatic rings. The molecule has 0 bridgehead atoms. The smallest absolute Gasteiger partial charge is 0.0897 e. The fraction of sp³-hybridized carbons (Fsp3) is 0.700. The van der Waals surface area contributed by atoms with Crippen LogP contribution in [0.2, 0.25) is 0 Å². The van der Waals surface area contributed by atoms with Crippen molar-refractivity contribution in [2.24, 2.45) is 5.92 Å². The topological polar surface area (TPSA) is 34.2 Å². The summed E-state index contributed by atoms with van der Waals surface area (Å²) in [4.78, 5) is 4.40. The summed E-state index contributed by atoms with van der Waals surface area (Å²) in [5.41, 5.74) is 1.16. The SMILES string of the molecule is Cc1nc(CNCC2CCOC2)cs1. The molecule has 1 unspecified atom stereocenters. The second kappa shape index (κ2) is 4.87. The Morgan fingerprint density at radius 3 is 3.29 bits per heavy atom. The van der Waals surface area contributed by atoms with E-state index in [-0.39, 0.29) is 0 Å². The molecule has 1 saturated heterocycles. The predicted octanol–water partition coefficient (Wildman–Crippen LogP) is 1.58. The summed E-state index contributed by atoms with van der Waals surface area (Å²) < 4.78 is 5.31. The molecule has 1 fully saturated rings. The minimum absolute atomic E-state index is 0.703. The third-order valence-electron chi connectivity index (χ3n) is 2.43. The summed E-state index contributed by atoms with van der Waals surface area (Å²) in [7, 11) is 0. The first kappa shape index (κ1) is 10.1. The summed E-state index contributed by atoms with van der Waals surface area (Å²) in [5, 5.41) is 6.68. The molecular weight excluding hydrogens is 196 g/mol. The maximum atomic E-state index is 5.31. The van der Waals surface area contributed by atoms with Gasteiger partial charge < -0.3 is 10.1 Å². The van der Waals surface area contributed by atoms with Crippen LogP contribution in [0.1, 0.15) is 17.1 Å². The van der Waals surface area contributed by atoms with Crippen LogP contribution < -0.4 is 5.32 Å². The van der Waals surface area contributed by atoms with E-state index in [1.54, 1.807) is 11.3 Å². The van der Waals surface area contributed by atoms with E-state index >= 15 is 0 Å². The van der Waals surface area contributed by atoms with Crippen molar-refractivity contribution in [3.63, 3.8) is 0 Å². The summed E-state index contributed by atoms with van der Waals surface area (Å²) in [6, 6.07) is 0. The fourth-order valence-corrected chi connectivity index (χ4v) is 2.25. The van der Waals surface area contributed by atoms with E-state index in [0.717, 1.165) is 37.0 Å². The number of hydrogen-bond acceptors (Lipinski definition) is 4. The molecule has 2 heterocycles. The van der Waals surface area contributed by atoms with Gasteiger partial charge in [0.05, 0.1) is 17.3 Å². The molecule has 1 N–H and O–H groups in total. The lowest BCUT2D eigenvalue weighted by molar-refractivity contribution is 0.185. The van der Waals surface area contributed by atoms with E-state index in [4.69, 9.17) is 4.74 Å². The van der Waals surface area contributed by atoms with Crippen LogP contribution in [0.15, 0.2) is 5.38 Å². The zero-order valence-corrected chi connectivity index (χ0v) is 9.27. The number of hydrogen-bond donors (Lipinski definition) is 1. The van der Waals surface area contributed by atoms with Gasteiger partial charge in [0.2, 0.25) is 0 Å². The average molecular weight is 212 g/mol. The highest BCUT2D eigenvalue weighted by atomic mass is 32.1. The van der Waals surface area contributed by atoms with E-state index in [9.17, 15) is 0 Å². The summed E-state index contributed by atoms with van der Waals surface area (Å²) in [6.07, 6.45) is 1.20.